The largest absolute Gasteiger partial charge is 0.396 e. The predicted octanol–water partition coefficient (Wildman–Crippen LogP) is 0.972. The molecule has 0 aromatic carbocycles. The van der Waals surface area contributed by atoms with Gasteiger partial charge in [-0.15, -0.1) is 5.10 Å². The predicted molar refractivity (Wildman–Crippen MR) is 97.4 cm³/mol. The summed E-state index contributed by atoms with van der Waals surface area (Å²) in [5.74, 6) is 0.938. The van der Waals surface area contributed by atoms with E-state index in [-0.39, 0.29) is 18.4 Å². The number of nitrogens with zero attached hydrogens (tertiary/aromatic N) is 4. The zero-order valence-corrected chi connectivity index (χ0v) is 15.5. The molecule has 3 saturated heterocycles. The number of nitrogens with one attached hydrogen (secondary N) is 1. The van der Waals surface area contributed by atoms with Gasteiger partial charge in [0, 0.05) is 37.9 Å². The third-order valence-corrected chi connectivity index (χ3v) is 6.52. The molecule has 1 amide bonds. The quantitative estimate of drug-likeness (QED) is 0.789. The highest BCUT2D eigenvalue weighted by molar-refractivity contribution is 5.79. The van der Waals surface area contributed by atoms with E-state index in [4.69, 9.17) is 5.11 Å². The van der Waals surface area contributed by atoms with Crippen molar-refractivity contribution in [1.29, 1.82) is 0 Å². The number of rotatable bonds is 6. The third kappa shape index (κ3) is 3.93. The first-order valence-electron chi connectivity index (χ1n) is 10.3. The SMILES string of the molecule is O=C(NC1CCCCC1)[C@H]1CN2CC[C@@H]1C[C@@H]2Cn1cc(CCO)nn1. The summed E-state index contributed by atoms with van der Waals surface area (Å²) in [6, 6.07) is 0.846. The van der Waals surface area contributed by atoms with Crippen molar-refractivity contribution in [3.05, 3.63) is 11.9 Å². The molecule has 1 saturated carbocycles. The normalized spacial score (nSPS) is 31.9. The number of hydrogen-bond donors (Lipinski definition) is 2. The Balaban J connectivity index is 1.32. The molecule has 0 spiro atoms. The molecule has 5 rings (SSSR count). The monoisotopic (exact) mass is 361 g/mol. The first-order chi connectivity index (χ1) is 12.7. The molecule has 0 radical (unpaired) electrons. The Morgan fingerprint density at radius 1 is 1.27 bits per heavy atom. The van der Waals surface area contributed by atoms with Crippen LogP contribution in [0.1, 0.15) is 50.6 Å². The van der Waals surface area contributed by atoms with Crippen molar-refractivity contribution < 1.29 is 9.90 Å². The summed E-state index contributed by atoms with van der Waals surface area (Å²) < 4.78 is 1.90. The number of piperidine rings is 3. The van der Waals surface area contributed by atoms with E-state index in [1.807, 2.05) is 10.9 Å². The fourth-order valence-electron chi connectivity index (χ4n) is 5.05. The number of carbonyl (C=O) groups is 1. The second kappa shape index (κ2) is 8.05. The Labute approximate surface area is 155 Å². The lowest BCUT2D eigenvalue weighted by Crippen LogP contribution is -2.58. The lowest BCUT2D eigenvalue weighted by molar-refractivity contribution is -0.134. The minimum atomic E-state index is 0.105. The number of aliphatic hydroxyl groups excluding tert-OH is 1. The van der Waals surface area contributed by atoms with Crippen LogP contribution in [0.4, 0.5) is 0 Å². The van der Waals surface area contributed by atoms with E-state index in [1.165, 1.54) is 19.3 Å². The molecule has 4 fully saturated rings. The number of aromatic nitrogens is 3. The van der Waals surface area contributed by atoms with Crippen molar-refractivity contribution in [3.8, 4) is 0 Å². The van der Waals surface area contributed by atoms with Crippen LogP contribution in [-0.2, 0) is 17.8 Å². The van der Waals surface area contributed by atoms with Crippen molar-refractivity contribution in [2.24, 2.45) is 11.8 Å². The second-order valence-corrected chi connectivity index (χ2v) is 8.29. The molecule has 26 heavy (non-hydrogen) atoms. The van der Waals surface area contributed by atoms with Crippen LogP contribution >= 0.6 is 0 Å². The molecular formula is C19H31N5O2. The minimum Gasteiger partial charge on any atom is -0.396 e. The number of hydrogen-bond acceptors (Lipinski definition) is 5. The van der Waals surface area contributed by atoms with Crippen LogP contribution in [-0.4, -0.2) is 62.7 Å². The van der Waals surface area contributed by atoms with Gasteiger partial charge >= 0.3 is 0 Å². The standard InChI is InChI=1S/C19H31N5O2/c25-9-7-16-11-24(22-21-16)12-17-10-14-6-8-23(17)13-18(14)19(26)20-15-4-2-1-3-5-15/h11,14-15,17-18,25H,1-10,12-13H2,(H,20,26)/t14-,17-,18+/m1/s1. The highest BCUT2D eigenvalue weighted by atomic mass is 16.3. The summed E-state index contributed by atoms with van der Waals surface area (Å²) in [6.07, 6.45) is 10.8. The van der Waals surface area contributed by atoms with Gasteiger partial charge in [-0.2, -0.15) is 0 Å². The first kappa shape index (κ1) is 17.9. The highest BCUT2D eigenvalue weighted by Crippen LogP contribution is 2.37. The van der Waals surface area contributed by atoms with Gasteiger partial charge in [0.25, 0.3) is 0 Å². The summed E-state index contributed by atoms with van der Waals surface area (Å²) >= 11 is 0. The second-order valence-electron chi connectivity index (χ2n) is 8.29. The van der Waals surface area contributed by atoms with Crippen molar-refractivity contribution in [2.45, 2.75) is 70.0 Å². The Morgan fingerprint density at radius 2 is 2.12 bits per heavy atom. The lowest BCUT2D eigenvalue weighted by atomic mass is 9.75. The van der Waals surface area contributed by atoms with E-state index in [1.54, 1.807) is 0 Å². The molecular weight excluding hydrogens is 330 g/mol. The summed E-state index contributed by atoms with van der Waals surface area (Å²) in [5.41, 5.74) is 0.841. The average Bonchev–Trinajstić information content (AvgIpc) is 3.10. The number of carbonyl (C=O) groups excluding carboxylic acids is 1. The van der Waals surface area contributed by atoms with Gasteiger partial charge in [-0.25, -0.2) is 0 Å². The molecule has 7 heteroatoms. The number of aliphatic hydroxyl groups is 1. The van der Waals surface area contributed by atoms with Crippen molar-refractivity contribution in [2.75, 3.05) is 19.7 Å². The van der Waals surface area contributed by atoms with E-state index in [0.717, 1.165) is 51.0 Å². The fraction of sp³-hybridized carbons (Fsp3) is 0.842. The maximum Gasteiger partial charge on any atom is 0.224 e. The molecule has 4 atom stereocenters. The van der Waals surface area contributed by atoms with Crippen molar-refractivity contribution in [1.82, 2.24) is 25.2 Å². The maximum absolute atomic E-state index is 12.8. The topological polar surface area (TPSA) is 83.3 Å². The van der Waals surface area contributed by atoms with E-state index < -0.39 is 0 Å². The summed E-state index contributed by atoms with van der Waals surface area (Å²) in [6.45, 7) is 2.90. The Hall–Kier alpha value is -1.47. The highest BCUT2D eigenvalue weighted by Gasteiger charge is 2.43. The van der Waals surface area contributed by atoms with Crippen LogP contribution in [0.2, 0.25) is 0 Å². The average molecular weight is 361 g/mol. The van der Waals surface area contributed by atoms with Crippen molar-refractivity contribution in [3.63, 3.8) is 0 Å². The van der Waals surface area contributed by atoms with E-state index in [2.05, 4.69) is 20.5 Å². The van der Waals surface area contributed by atoms with Gasteiger partial charge < -0.3 is 10.4 Å². The van der Waals surface area contributed by atoms with Gasteiger partial charge in [0.1, 0.15) is 0 Å². The van der Waals surface area contributed by atoms with Gasteiger partial charge in [-0.3, -0.25) is 14.4 Å². The van der Waals surface area contributed by atoms with E-state index >= 15 is 0 Å². The van der Waals surface area contributed by atoms with Gasteiger partial charge in [0.15, 0.2) is 0 Å². The molecule has 2 N–H and O–H groups in total. The molecule has 144 valence electrons. The molecule has 1 aromatic heterocycles. The maximum atomic E-state index is 12.8. The smallest absolute Gasteiger partial charge is 0.224 e. The molecule has 7 nitrogen and oxygen atoms in total. The van der Waals surface area contributed by atoms with Crippen LogP contribution in [0.25, 0.3) is 0 Å². The number of amides is 1. The zero-order chi connectivity index (χ0) is 17.9. The fourth-order valence-corrected chi connectivity index (χ4v) is 5.05. The van der Waals surface area contributed by atoms with E-state index in [9.17, 15) is 4.79 Å². The van der Waals surface area contributed by atoms with Crippen LogP contribution in [0.15, 0.2) is 6.20 Å². The van der Waals surface area contributed by atoms with Gasteiger partial charge in [-0.05, 0) is 38.1 Å². The minimum absolute atomic E-state index is 0.105. The third-order valence-electron chi connectivity index (χ3n) is 6.52. The lowest BCUT2D eigenvalue weighted by Gasteiger charge is -2.49. The van der Waals surface area contributed by atoms with E-state index in [0.29, 0.717) is 24.4 Å². The van der Waals surface area contributed by atoms with Crippen LogP contribution < -0.4 is 5.32 Å². The molecule has 3 aliphatic heterocycles. The van der Waals surface area contributed by atoms with Crippen LogP contribution in [0, 0.1) is 11.8 Å². The Bertz CT molecular complexity index is 613. The molecule has 1 aliphatic carbocycles. The van der Waals surface area contributed by atoms with Gasteiger partial charge in [0.05, 0.1) is 18.2 Å². The van der Waals surface area contributed by atoms with Crippen molar-refractivity contribution >= 4 is 5.91 Å². The Kier molecular flexibility index (Phi) is 5.55. The number of fused-ring (bicyclic) bond motifs is 3. The summed E-state index contributed by atoms with van der Waals surface area (Å²) in [4.78, 5) is 15.3. The van der Waals surface area contributed by atoms with Crippen LogP contribution in [0.5, 0.6) is 0 Å². The van der Waals surface area contributed by atoms with Gasteiger partial charge in [0.2, 0.25) is 5.91 Å². The zero-order valence-electron chi connectivity index (χ0n) is 15.5. The summed E-state index contributed by atoms with van der Waals surface area (Å²) in [5, 5.41) is 20.7. The molecule has 1 unspecified atom stereocenters. The summed E-state index contributed by atoms with van der Waals surface area (Å²) in [7, 11) is 0. The Morgan fingerprint density at radius 3 is 2.85 bits per heavy atom. The molecule has 4 aliphatic rings. The molecule has 2 bridgehead atoms. The molecule has 4 heterocycles. The first-order valence-corrected chi connectivity index (χ1v) is 10.3. The van der Waals surface area contributed by atoms with Gasteiger partial charge in [-0.1, -0.05) is 24.5 Å². The van der Waals surface area contributed by atoms with Crippen LogP contribution in [0.3, 0.4) is 0 Å². The molecule has 1 aromatic rings.